The molecule has 1 aliphatic rings. The van der Waals surface area contributed by atoms with Crippen LogP contribution < -0.4 is 10.5 Å². The summed E-state index contributed by atoms with van der Waals surface area (Å²) in [5.74, 6) is 0.876. The molecule has 2 aromatic carbocycles. The molecule has 2 N–H and O–H groups in total. The van der Waals surface area contributed by atoms with Gasteiger partial charge in [0.15, 0.2) is 0 Å². The maximum absolute atomic E-state index is 6.02. The van der Waals surface area contributed by atoms with Crippen LogP contribution >= 0.6 is 0 Å². The largest absolute Gasteiger partial charge is 0.484 e. The van der Waals surface area contributed by atoms with Gasteiger partial charge < -0.3 is 10.5 Å². The molecule has 1 aliphatic carbocycles. The molecule has 0 saturated heterocycles. The van der Waals surface area contributed by atoms with E-state index in [1.165, 1.54) is 42.4 Å². The van der Waals surface area contributed by atoms with Crippen molar-refractivity contribution in [2.75, 3.05) is 6.54 Å². The lowest BCUT2D eigenvalue weighted by Gasteiger charge is -2.21. The Kier molecular flexibility index (Phi) is 4.03. The van der Waals surface area contributed by atoms with E-state index < -0.39 is 0 Å². The Hall–Kier alpha value is -1.80. The predicted octanol–water partition coefficient (Wildman–Crippen LogP) is 3.64. The average molecular weight is 267 g/mol. The van der Waals surface area contributed by atoms with E-state index in [2.05, 4.69) is 18.2 Å². The lowest BCUT2D eigenvalue weighted by Crippen LogP contribution is -2.19. The maximum Gasteiger partial charge on any atom is 0.136 e. The second-order valence-corrected chi connectivity index (χ2v) is 5.39. The van der Waals surface area contributed by atoms with Gasteiger partial charge in [0.05, 0.1) is 0 Å². The number of ether oxygens (including phenoxy) is 1. The first-order chi connectivity index (χ1) is 9.86. The van der Waals surface area contributed by atoms with Crippen LogP contribution in [0.5, 0.6) is 5.75 Å². The van der Waals surface area contributed by atoms with Crippen LogP contribution in [-0.4, -0.2) is 6.54 Å². The lowest BCUT2D eigenvalue weighted by molar-refractivity contribution is 0.214. The summed E-state index contributed by atoms with van der Waals surface area (Å²) in [7, 11) is 0. The van der Waals surface area contributed by atoms with Crippen LogP contribution in [-0.2, 0) is 12.8 Å². The Morgan fingerprint density at radius 2 is 1.70 bits per heavy atom. The number of aryl methyl sites for hydroxylation is 2. The van der Waals surface area contributed by atoms with Crippen LogP contribution in [0, 0.1) is 0 Å². The quantitative estimate of drug-likeness (QED) is 0.917. The van der Waals surface area contributed by atoms with Gasteiger partial charge in [-0.1, -0.05) is 36.4 Å². The van der Waals surface area contributed by atoms with Gasteiger partial charge in [0.1, 0.15) is 11.9 Å². The van der Waals surface area contributed by atoms with Crippen LogP contribution in [0.3, 0.4) is 0 Å². The first-order valence-electron chi connectivity index (χ1n) is 7.40. The van der Waals surface area contributed by atoms with Crippen molar-refractivity contribution in [3.8, 4) is 5.75 Å². The highest BCUT2D eigenvalue weighted by atomic mass is 16.5. The molecule has 1 unspecified atom stereocenters. The smallest absolute Gasteiger partial charge is 0.136 e. The van der Waals surface area contributed by atoms with Crippen molar-refractivity contribution in [1.29, 1.82) is 0 Å². The SMILES string of the molecule is NCC(Oc1ccccc1)c1ccc2c(c1)CCCC2. The monoisotopic (exact) mass is 267 g/mol. The predicted molar refractivity (Wildman–Crippen MR) is 81.9 cm³/mol. The molecular weight excluding hydrogens is 246 g/mol. The van der Waals surface area contributed by atoms with Crippen molar-refractivity contribution in [3.63, 3.8) is 0 Å². The minimum absolute atomic E-state index is 0.0652. The molecular formula is C18H21NO. The van der Waals surface area contributed by atoms with Crippen molar-refractivity contribution in [3.05, 3.63) is 65.2 Å². The number of hydrogen-bond donors (Lipinski definition) is 1. The summed E-state index contributed by atoms with van der Waals surface area (Å²) in [4.78, 5) is 0. The molecule has 1 atom stereocenters. The average Bonchev–Trinajstić information content (AvgIpc) is 2.53. The molecule has 0 amide bonds. The molecule has 0 heterocycles. The van der Waals surface area contributed by atoms with Crippen LogP contribution in [0.25, 0.3) is 0 Å². The number of nitrogens with two attached hydrogens (primary N) is 1. The van der Waals surface area contributed by atoms with Gasteiger partial charge in [-0.3, -0.25) is 0 Å². The van der Waals surface area contributed by atoms with Crippen LogP contribution in [0.2, 0.25) is 0 Å². The normalized spacial score (nSPS) is 15.4. The summed E-state index contributed by atoms with van der Waals surface area (Å²) in [6, 6.07) is 16.6. The summed E-state index contributed by atoms with van der Waals surface area (Å²) in [6.07, 6.45) is 4.94. The molecule has 0 aromatic heterocycles. The van der Waals surface area contributed by atoms with E-state index in [-0.39, 0.29) is 6.10 Å². The minimum Gasteiger partial charge on any atom is -0.484 e. The number of benzene rings is 2. The Bertz CT molecular complexity index is 565. The first-order valence-corrected chi connectivity index (χ1v) is 7.40. The van der Waals surface area contributed by atoms with Crippen molar-refractivity contribution < 1.29 is 4.74 Å². The molecule has 104 valence electrons. The summed E-state index contributed by atoms with van der Waals surface area (Å²) in [6.45, 7) is 0.494. The fourth-order valence-corrected chi connectivity index (χ4v) is 2.87. The van der Waals surface area contributed by atoms with Crippen LogP contribution in [0.1, 0.15) is 35.6 Å². The molecule has 0 radical (unpaired) electrons. The third-order valence-electron chi connectivity index (χ3n) is 3.98. The molecule has 0 spiro atoms. The number of rotatable bonds is 4. The number of para-hydroxylation sites is 1. The number of fused-ring (bicyclic) bond motifs is 1. The van der Waals surface area contributed by atoms with E-state index in [1.807, 2.05) is 30.3 Å². The second-order valence-electron chi connectivity index (χ2n) is 5.39. The maximum atomic E-state index is 6.02. The first kappa shape index (κ1) is 13.2. The van der Waals surface area contributed by atoms with Gasteiger partial charge in [0, 0.05) is 6.54 Å². The van der Waals surface area contributed by atoms with Gasteiger partial charge in [-0.15, -0.1) is 0 Å². The van der Waals surface area contributed by atoms with E-state index in [4.69, 9.17) is 10.5 Å². The van der Waals surface area contributed by atoms with Crippen molar-refractivity contribution in [1.82, 2.24) is 0 Å². The zero-order chi connectivity index (χ0) is 13.8. The molecule has 0 bridgehead atoms. The van der Waals surface area contributed by atoms with Crippen molar-refractivity contribution in [2.45, 2.75) is 31.8 Å². The zero-order valence-electron chi connectivity index (χ0n) is 11.7. The summed E-state index contributed by atoms with van der Waals surface area (Å²) < 4.78 is 6.02. The highest BCUT2D eigenvalue weighted by Gasteiger charge is 2.15. The van der Waals surface area contributed by atoms with Gasteiger partial charge in [-0.05, 0) is 54.5 Å². The van der Waals surface area contributed by atoms with E-state index in [0.29, 0.717) is 6.54 Å². The van der Waals surface area contributed by atoms with Gasteiger partial charge in [0.25, 0.3) is 0 Å². The molecule has 0 fully saturated rings. The highest BCUT2D eigenvalue weighted by molar-refractivity contribution is 5.35. The van der Waals surface area contributed by atoms with Crippen LogP contribution in [0.4, 0.5) is 0 Å². The fraction of sp³-hybridized carbons (Fsp3) is 0.333. The molecule has 0 aliphatic heterocycles. The summed E-state index contributed by atoms with van der Waals surface area (Å²) in [5, 5.41) is 0. The van der Waals surface area contributed by atoms with E-state index in [0.717, 1.165) is 5.75 Å². The molecule has 2 aromatic rings. The fourth-order valence-electron chi connectivity index (χ4n) is 2.87. The highest BCUT2D eigenvalue weighted by Crippen LogP contribution is 2.27. The number of hydrogen-bond acceptors (Lipinski definition) is 2. The van der Waals surface area contributed by atoms with E-state index in [9.17, 15) is 0 Å². The summed E-state index contributed by atoms with van der Waals surface area (Å²) in [5.41, 5.74) is 10.1. The standard InChI is InChI=1S/C18H21NO/c19-13-18(20-17-8-2-1-3-9-17)16-11-10-14-6-4-5-7-15(14)12-16/h1-3,8-12,18H,4-7,13,19H2. The van der Waals surface area contributed by atoms with E-state index in [1.54, 1.807) is 0 Å². The molecule has 0 saturated carbocycles. The van der Waals surface area contributed by atoms with E-state index >= 15 is 0 Å². The van der Waals surface area contributed by atoms with Gasteiger partial charge in [0.2, 0.25) is 0 Å². The lowest BCUT2D eigenvalue weighted by atomic mass is 9.89. The van der Waals surface area contributed by atoms with Crippen molar-refractivity contribution >= 4 is 0 Å². The van der Waals surface area contributed by atoms with Gasteiger partial charge in [-0.25, -0.2) is 0 Å². The Morgan fingerprint density at radius 1 is 0.950 bits per heavy atom. The molecule has 2 heteroatoms. The van der Waals surface area contributed by atoms with Gasteiger partial charge in [-0.2, -0.15) is 0 Å². The third-order valence-corrected chi connectivity index (χ3v) is 3.98. The minimum atomic E-state index is -0.0652. The third kappa shape index (κ3) is 2.86. The molecule has 2 nitrogen and oxygen atoms in total. The van der Waals surface area contributed by atoms with Crippen LogP contribution in [0.15, 0.2) is 48.5 Å². The van der Waals surface area contributed by atoms with Crippen molar-refractivity contribution in [2.24, 2.45) is 5.73 Å². The Morgan fingerprint density at radius 3 is 2.45 bits per heavy atom. The zero-order valence-corrected chi connectivity index (χ0v) is 11.7. The van der Waals surface area contributed by atoms with Gasteiger partial charge >= 0.3 is 0 Å². The molecule has 3 rings (SSSR count). The topological polar surface area (TPSA) is 35.2 Å². The Labute approximate surface area is 120 Å². The second kappa shape index (κ2) is 6.10. The Balaban J connectivity index is 1.82. The molecule has 20 heavy (non-hydrogen) atoms. The summed E-state index contributed by atoms with van der Waals surface area (Å²) >= 11 is 0.